The summed E-state index contributed by atoms with van der Waals surface area (Å²) in [7, 11) is 0. The maximum atomic E-state index is 9.66. The van der Waals surface area contributed by atoms with Crippen LogP contribution in [0.2, 0.25) is 0 Å². The fourth-order valence-electron chi connectivity index (χ4n) is 1.44. The Bertz CT molecular complexity index is 322. The lowest BCUT2D eigenvalue weighted by molar-refractivity contribution is 0.166. The van der Waals surface area contributed by atoms with Crippen molar-refractivity contribution in [2.75, 3.05) is 0 Å². The van der Waals surface area contributed by atoms with Crippen LogP contribution < -0.4 is 0 Å². The van der Waals surface area contributed by atoms with Gasteiger partial charge < -0.3 is 5.11 Å². The lowest BCUT2D eigenvalue weighted by Gasteiger charge is -2.10. The molecule has 1 aromatic carbocycles. The number of terminal acetylenes is 1. The van der Waals surface area contributed by atoms with E-state index in [2.05, 4.69) is 25.0 Å². The van der Waals surface area contributed by atoms with E-state index in [0.29, 0.717) is 19.3 Å². The average molecular weight is 188 g/mol. The van der Waals surface area contributed by atoms with E-state index >= 15 is 0 Å². The molecule has 0 saturated heterocycles. The van der Waals surface area contributed by atoms with Crippen molar-refractivity contribution >= 4 is 0 Å². The normalized spacial score (nSPS) is 12.1. The number of aliphatic hydroxyl groups excluding tert-OH is 1. The third kappa shape index (κ3) is 3.24. The van der Waals surface area contributed by atoms with Gasteiger partial charge >= 0.3 is 0 Å². The number of aliphatic hydroxyl groups is 1. The van der Waals surface area contributed by atoms with Gasteiger partial charge in [-0.15, -0.1) is 12.3 Å². The molecule has 0 radical (unpaired) electrons. The van der Waals surface area contributed by atoms with Crippen molar-refractivity contribution in [3.8, 4) is 12.3 Å². The molecule has 1 heteroatoms. The van der Waals surface area contributed by atoms with E-state index in [4.69, 9.17) is 6.42 Å². The molecule has 1 nitrogen and oxygen atoms in total. The molecule has 1 rings (SSSR count). The highest BCUT2D eigenvalue weighted by molar-refractivity contribution is 5.26. The summed E-state index contributed by atoms with van der Waals surface area (Å²) in [5.74, 6) is 2.54. The van der Waals surface area contributed by atoms with Gasteiger partial charge in [-0.05, 0) is 30.9 Å². The number of rotatable bonds is 4. The van der Waals surface area contributed by atoms with Crippen LogP contribution in [0.25, 0.3) is 0 Å². The summed E-state index contributed by atoms with van der Waals surface area (Å²) in [4.78, 5) is 0. The van der Waals surface area contributed by atoms with Gasteiger partial charge in [0.15, 0.2) is 0 Å². The molecule has 14 heavy (non-hydrogen) atoms. The highest BCUT2D eigenvalue weighted by Crippen LogP contribution is 2.11. The molecular weight excluding hydrogens is 172 g/mol. The SMILES string of the molecule is C#CCCC(O)Cc1ccccc1C. The van der Waals surface area contributed by atoms with Crippen LogP contribution in [0.1, 0.15) is 24.0 Å². The second kappa shape index (κ2) is 5.47. The molecule has 0 saturated carbocycles. The van der Waals surface area contributed by atoms with Crippen LogP contribution >= 0.6 is 0 Å². The highest BCUT2D eigenvalue weighted by Gasteiger charge is 2.05. The zero-order valence-corrected chi connectivity index (χ0v) is 8.53. The quantitative estimate of drug-likeness (QED) is 0.719. The first-order valence-corrected chi connectivity index (χ1v) is 4.90. The van der Waals surface area contributed by atoms with Gasteiger partial charge in [-0.3, -0.25) is 0 Å². The van der Waals surface area contributed by atoms with Crippen molar-refractivity contribution in [2.24, 2.45) is 0 Å². The zero-order chi connectivity index (χ0) is 10.4. The Labute approximate surface area is 85.8 Å². The van der Waals surface area contributed by atoms with E-state index in [9.17, 15) is 5.11 Å². The van der Waals surface area contributed by atoms with Crippen LogP contribution in [0.4, 0.5) is 0 Å². The van der Waals surface area contributed by atoms with E-state index in [1.807, 2.05) is 12.1 Å². The fourth-order valence-corrected chi connectivity index (χ4v) is 1.44. The monoisotopic (exact) mass is 188 g/mol. The Balaban J connectivity index is 2.52. The standard InChI is InChI=1S/C13H16O/c1-3-4-9-13(14)10-12-8-6-5-7-11(12)2/h1,5-8,13-14H,4,9-10H2,2H3. The first-order chi connectivity index (χ1) is 6.74. The summed E-state index contributed by atoms with van der Waals surface area (Å²) in [6.07, 6.45) is 6.86. The van der Waals surface area contributed by atoms with Gasteiger partial charge in [-0.25, -0.2) is 0 Å². The average Bonchev–Trinajstić information content (AvgIpc) is 2.18. The summed E-state index contributed by atoms with van der Waals surface area (Å²) in [6.45, 7) is 2.06. The Morgan fingerprint density at radius 2 is 2.14 bits per heavy atom. The maximum Gasteiger partial charge on any atom is 0.0589 e. The summed E-state index contributed by atoms with van der Waals surface area (Å²) < 4.78 is 0. The van der Waals surface area contributed by atoms with Gasteiger partial charge in [0.25, 0.3) is 0 Å². The van der Waals surface area contributed by atoms with Gasteiger partial charge in [0.2, 0.25) is 0 Å². The van der Waals surface area contributed by atoms with Crippen LogP contribution in [-0.2, 0) is 6.42 Å². The van der Waals surface area contributed by atoms with Crippen molar-refractivity contribution < 1.29 is 5.11 Å². The first-order valence-electron chi connectivity index (χ1n) is 4.90. The molecular formula is C13H16O. The Hall–Kier alpha value is -1.26. The fraction of sp³-hybridized carbons (Fsp3) is 0.385. The Morgan fingerprint density at radius 1 is 1.43 bits per heavy atom. The minimum Gasteiger partial charge on any atom is -0.393 e. The van der Waals surface area contributed by atoms with Crippen LogP contribution in [-0.4, -0.2) is 11.2 Å². The molecule has 0 bridgehead atoms. The second-order valence-electron chi connectivity index (χ2n) is 3.53. The molecule has 0 amide bonds. The van der Waals surface area contributed by atoms with Crippen LogP contribution in [0.3, 0.4) is 0 Å². The minimum atomic E-state index is -0.313. The van der Waals surface area contributed by atoms with Crippen molar-refractivity contribution in [3.05, 3.63) is 35.4 Å². The predicted molar refractivity (Wildman–Crippen MR) is 59.0 cm³/mol. The number of benzene rings is 1. The van der Waals surface area contributed by atoms with Gasteiger partial charge in [-0.1, -0.05) is 24.3 Å². The van der Waals surface area contributed by atoms with Crippen molar-refractivity contribution in [1.29, 1.82) is 0 Å². The molecule has 0 heterocycles. The summed E-state index contributed by atoms with van der Waals surface area (Å²) >= 11 is 0. The lowest BCUT2D eigenvalue weighted by atomic mass is 10.0. The van der Waals surface area contributed by atoms with E-state index in [0.717, 1.165) is 0 Å². The molecule has 1 atom stereocenters. The minimum absolute atomic E-state index is 0.313. The van der Waals surface area contributed by atoms with Gasteiger partial charge in [0.05, 0.1) is 6.10 Å². The molecule has 0 spiro atoms. The molecule has 0 aliphatic carbocycles. The number of hydrogen-bond acceptors (Lipinski definition) is 1. The third-order valence-electron chi connectivity index (χ3n) is 2.34. The molecule has 1 N–H and O–H groups in total. The first kappa shape index (κ1) is 10.8. The maximum absolute atomic E-state index is 9.66. The zero-order valence-electron chi connectivity index (χ0n) is 8.53. The van der Waals surface area contributed by atoms with Crippen LogP contribution in [0.15, 0.2) is 24.3 Å². The van der Waals surface area contributed by atoms with E-state index in [1.54, 1.807) is 0 Å². The molecule has 0 aromatic heterocycles. The van der Waals surface area contributed by atoms with Crippen molar-refractivity contribution in [3.63, 3.8) is 0 Å². The lowest BCUT2D eigenvalue weighted by Crippen LogP contribution is -2.10. The summed E-state index contributed by atoms with van der Waals surface area (Å²) in [5.41, 5.74) is 2.43. The Morgan fingerprint density at radius 3 is 2.79 bits per heavy atom. The van der Waals surface area contributed by atoms with Gasteiger partial charge in [0, 0.05) is 6.42 Å². The van der Waals surface area contributed by atoms with E-state index < -0.39 is 0 Å². The van der Waals surface area contributed by atoms with E-state index in [1.165, 1.54) is 11.1 Å². The smallest absolute Gasteiger partial charge is 0.0589 e. The molecule has 1 unspecified atom stereocenters. The number of hydrogen-bond donors (Lipinski definition) is 1. The van der Waals surface area contributed by atoms with Gasteiger partial charge in [0.1, 0.15) is 0 Å². The molecule has 74 valence electrons. The molecule has 0 aliphatic heterocycles. The van der Waals surface area contributed by atoms with E-state index in [-0.39, 0.29) is 6.10 Å². The van der Waals surface area contributed by atoms with Crippen LogP contribution in [0.5, 0.6) is 0 Å². The largest absolute Gasteiger partial charge is 0.393 e. The topological polar surface area (TPSA) is 20.2 Å². The Kier molecular flexibility index (Phi) is 4.22. The third-order valence-corrected chi connectivity index (χ3v) is 2.34. The van der Waals surface area contributed by atoms with Crippen LogP contribution in [0, 0.1) is 19.3 Å². The second-order valence-corrected chi connectivity index (χ2v) is 3.53. The van der Waals surface area contributed by atoms with Gasteiger partial charge in [-0.2, -0.15) is 0 Å². The summed E-state index contributed by atoms with van der Waals surface area (Å²) in [6, 6.07) is 8.11. The highest BCUT2D eigenvalue weighted by atomic mass is 16.3. The predicted octanol–water partition coefficient (Wildman–Crippen LogP) is 2.31. The molecule has 0 fully saturated rings. The van der Waals surface area contributed by atoms with Crippen molar-refractivity contribution in [2.45, 2.75) is 32.3 Å². The summed E-state index contributed by atoms with van der Waals surface area (Å²) in [5, 5.41) is 9.66. The van der Waals surface area contributed by atoms with Crippen molar-refractivity contribution in [1.82, 2.24) is 0 Å². The molecule has 1 aromatic rings. The number of aryl methyl sites for hydroxylation is 1. The molecule has 0 aliphatic rings.